The third kappa shape index (κ3) is 4.03. The minimum Gasteiger partial charge on any atom is -0.477 e. The Morgan fingerprint density at radius 3 is 2.84 bits per heavy atom. The van der Waals surface area contributed by atoms with Gasteiger partial charge in [0.15, 0.2) is 0 Å². The van der Waals surface area contributed by atoms with Gasteiger partial charge in [0.2, 0.25) is 0 Å². The second-order valence-electron chi connectivity index (χ2n) is 5.39. The molecule has 2 rings (SSSR count). The van der Waals surface area contributed by atoms with Gasteiger partial charge in [0, 0.05) is 12.6 Å². The zero-order valence-electron chi connectivity index (χ0n) is 11.4. The number of carbonyl (C=O) groups is 1. The molecule has 0 aromatic carbocycles. The lowest BCUT2D eigenvalue weighted by atomic mass is 9.84. The Morgan fingerprint density at radius 1 is 1.42 bits per heavy atom. The summed E-state index contributed by atoms with van der Waals surface area (Å²) in [6.45, 7) is 2.86. The second kappa shape index (κ2) is 6.66. The number of pyridine rings is 1. The molecule has 0 aliphatic heterocycles. The van der Waals surface area contributed by atoms with E-state index in [4.69, 9.17) is 5.11 Å². The van der Waals surface area contributed by atoms with Crippen LogP contribution in [0.4, 0.5) is 0 Å². The van der Waals surface area contributed by atoms with Crippen LogP contribution in [0.3, 0.4) is 0 Å². The van der Waals surface area contributed by atoms with Gasteiger partial charge in [-0.05, 0) is 37.8 Å². The number of nitrogens with zero attached hydrogens (tertiary/aromatic N) is 1. The van der Waals surface area contributed by atoms with E-state index in [-0.39, 0.29) is 5.69 Å². The molecule has 0 saturated heterocycles. The maximum absolute atomic E-state index is 10.9. The van der Waals surface area contributed by atoms with Crippen LogP contribution in [-0.2, 0) is 6.54 Å². The molecular formula is C15H22N2O2. The number of carboxylic acid groups (broad SMARTS) is 1. The van der Waals surface area contributed by atoms with Crippen LogP contribution < -0.4 is 5.32 Å². The molecule has 1 saturated carbocycles. The highest BCUT2D eigenvalue weighted by Crippen LogP contribution is 2.26. The van der Waals surface area contributed by atoms with Gasteiger partial charge in [0.05, 0.1) is 5.69 Å². The number of hydrogen-bond acceptors (Lipinski definition) is 3. The molecular weight excluding hydrogens is 240 g/mol. The first-order valence-corrected chi connectivity index (χ1v) is 7.09. The highest BCUT2D eigenvalue weighted by molar-refractivity contribution is 5.85. The summed E-state index contributed by atoms with van der Waals surface area (Å²) in [4.78, 5) is 15.0. The molecule has 0 bridgehead atoms. The third-order valence-corrected chi connectivity index (χ3v) is 3.99. The van der Waals surface area contributed by atoms with Crippen molar-refractivity contribution in [1.29, 1.82) is 0 Å². The van der Waals surface area contributed by atoms with E-state index in [2.05, 4.69) is 17.2 Å². The molecule has 19 heavy (non-hydrogen) atoms. The van der Waals surface area contributed by atoms with Crippen molar-refractivity contribution >= 4 is 5.97 Å². The summed E-state index contributed by atoms with van der Waals surface area (Å²) >= 11 is 0. The number of carboxylic acids is 1. The van der Waals surface area contributed by atoms with E-state index in [1.807, 2.05) is 6.07 Å². The van der Waals surface area contributed by atoms with E-state index in [0.29, 0.717) is 12.6 Å². The molecule has 1 fully saturated rings. The third-order valence-electron chi connectivity index (χ3n) is 3.99. The van der Waals surface area contributed by atoms with Crippen LogP contribution in [-0.4, -0.2) is 22.1 Å². The van der Waals surface area contributed by atoms with Gasteiger partial charge in [-0.3, -0.25) is 0 Å². The Hall–Kier alpha value is -1.42. The summed E-state index contributed by atoms with van der Waals surface area (Å²) < 4.78 is 0. The Bertz CT molecular complexity index is 428. The molecule has 0 amide bonds. The van der Waals surface area contributed by atoms with E-state index in [1.54, 1.807) is 6.07 Å². The average molecular weight is 262 g/mol. The van der Waals surface area contributed by atoms with E-state index in [1.165, 1.54) is 38.2 Å². The SMILES string of the molecule is CC(NCc1cccc(C(=O)O)n1)C1CCCCC1. The van der Waals surface area contributed by atoms with Crippen molar-refractivity contribution in [3.8, 4) is 0 Å². The van der Waals surface area contributed by atoms with Gasteiger partial charge in [-0.2, -0.15) is 0 Å². The molecule has 1 heterocycles. The van der Waals surface area contributed by atoms with Gasteiger partial charge in [-0.1, -0.05) is 25.3 Å². The highest BCUT2D eigenvalue weighted by atomic mass is 16.4. The highest BCUT2D eigenvalue weighted by Gasteiger charge is 2.19. The molecule has 1 unspecified atom stereocenters. The molecule has 1 aliphatic rings. The lowest BCUT2D eigenvalue weighted by Gasteiger charge is -2.28. The Labute approximate surface area is 114 Å². The molecule has 4 nitrogen and oxygen atoms in total. The minimum atomic E-state index is -0.970. The quantitative estimate of drug-likeness (QED) is 0.856. The van der Waals surface area contributed by atoms with Crippen molar-refractivity contribution < 1.29 is 9.90 Å². The number of aromatic carboxylic acids is 1. The fourth-order valence-corrected chi connectivity index (χ4v) is 2.76. The number of aromatic nitrogens is 1. The molecule has 4 heteroatoms. The van der Waals surface area contributed by atoms with Crippen LogP contribution in [0, 0.1) is 5.92 Å². The van der Waals surface area contributed by atoms with Crippen molar-refractivity contribution in [3.63, 3.8) is 0 Å². The smallest absolute Gasteiger partial charge is 0.354 e. The Balaban J connectivity index is 1.87. The number of rotatable bonds is 5. The van der Waals surface area contributed by atoms with Crippen molar-refractivity contribution in [3.05, 3.63) is 29.6 Å². The Kier molecular flexibility index (Phi) is 4.91. The standard InChI is InChI=1S/C15H22N2O2/c1-11(12-6-3-2-4-7-12)16-10-13-8-5-9-14(17-13)15(18)19/h5,8-9,11-12,16H,2-4,6-7,10H2,1H3,(H,18,19). The lowest BCUT2D eigenvalue weighted by Crippen LogP contribution is -2.34. The summed E-state index contributed by atoms with van der Waals surface area (Å²) in [6.07, 6.45) is 6.64. The molecule has 1 aromatic rings. The van der Waals surface area contributed by atoms with Crippen molar-refractivity contribution in [2.75, 3.05) is 0 Å². The van der Waals surface area contributed by atoms with Gasteiger partial charge < -0.3 is 10.4 Å². The first kappa shape index (κ1) is 14.0. The summed E-state index contributed by atoms with van der Waals surface area (Å²) in [6, 6.07) is 5.61. The second-order valence-corrected chi connectivity index (χ2v) is 5.39. The lowest BCUT2D eigenvalue weighted by molar-refractivity contribution is 0.0690. The summed E-state index contributed by atoms with van der Waals surface area (Å²) in [5.74, 6) is -0.224. The van der Waals surface area contributed by atoms with E-state index < -0.39 is 5.97 Å². The van der Waals surface area contributed by atoms with Crippen LogP contribution in [0.2, 0.25) is 0 Å². The van der Waals surface area contributed by atoms with Crippen molar-refractivity contribution in [2.45, 2.75) is 51.6 Å². The van der Waals surface area contributed by atoms with Gasteiger partial charge in [-0.15, -0.1) is 0 Å². The number of hydrogen-bond donors (Lipinski definition) is 2. The molecule has 104 valence electrons. The van der Waals surface area contributed by atoms with E-state index in [9.17, 15) is 4.79 Å². The summed E-state index contributed by atoms with van der Waals surface area (Å²) in [5.41, 5.74) is 0.909. The predicted molar refractivity (Wildman–Crippen MR) is 74.1 cm³/mol. The molecule has 2 N–H and O–H groups in total. The summed E-state index contributed by atoms with van der Waals surface area (Å²) in [7, 11) is 0. The number of nitrogens with one attached hydrogen (secondary N) is 1. The van der Waals surface area contributed by atoms with Crippen LogP contribution in [0.15, 0.2) is 18.2 Å². The topological polar surface area (TPSA) is 62.2 Å². The molecule has 1 aromatic heterocycles. The maximum atomic E-state index is 10.9. The largest absolute Gasteiger partial charge is 0.477 e. The van der Waals surface area contributed by atoms with Gasteiger partial charge in [0.25, 0.3) is 0 Å². The normalized spacial score (nSPS) is 18.2. The van der Waals surface area contributed by atoms with Crippen LogP contribution in [0.1, 0.15) is 55.2 Å². The van der Waals surface area contributed by atoms with Crippen LogP contribution >= 0.6 is 0 Å². The van der Waals surface area contributed by atoms with E-state index in [0.717, 1.165) is 11.6 Å². The Morgan fingerprint density at radius 2 is 2.16 bits per heavy atom. The fraction of sp³-hybridized carbons (Fsp3) is 0.600. The molecule has 1 aliphatic carbocycles. The van der Waals surface area contributed by atoms with Crippen molar-refractivity contribution in [1.82, 2.24) is 10.3 Å². The zero-order valence-corrected chi connectivity index (χ0v) is 11.4. The minimum absolute atomic E-state index is 0.115. The van der Waals surface area contributed by atoms with Gasteiger partial charge in [-0.25, -0.2) is 9.78 Å². The van der Waals surface area contributed by atoms with Crippen LogP contribution in [0.5, 0.6) is 0 Å². The fourth-order valence-electron chi connectivity index (χ4n) is 2.76. The average Bonchev–Trinajstić information content (AvgIpc) is 2.46. The van der Waals surface area contributed by atoms with E-state index >= 15 is 0 Å². The summed E-state index contributed by atoms with van der Waals surface area (Å²) in [5, 5.41) is 12.4. The maximum Gasteiger partial charge on any atom is 0.354 e. The van der Waals surface area contributed by atoms with Gasteiger partial charge in [0.1, 0.15) is 5.69 Å². The monoisotopic (exact) mass is 262 g/mol. The molecule has 1 atom stereocenters. The molecule has 0 spiro atoms. The first-order chi connectivity index (χ1) is 9.16. The van der Waals surface area contributed by atoms with Crippen molar-refractivity contribution in [2.24, 2.45) is 5.92 Å². The van der Waals surface area contributed by atoms with Crippen LogP contribution in [0.25, 0.3) is 0 Å². The first-order valence-electron chi connectivity index (χ1n) is 7.09. The van der Waals surface area contributed by atoms with Gasteiger partial charge >= 0.3 is 5.97 Å². The predicted octanol–water partition coefficient (Wildman–Crippen LogP) is 2.84. The zero-order chi connectivity index (χ0) is 13.7. The molecule has 0 radical (unpaired) electrons.